The highest BCUT2D eigenvalue weighted by Crippen LogP contribution is 2.26. The number of hydrogen-bond donors (Lipinski definition) is 1. The van der Waals surface area contributed by atoms with Crippen molar-refractivity contribution in [3.8, 4) is 23.1 Å². The van der Waals surface area contributed by atoms with E-state index in [-0.39, 0.29) is 11.9 Å². The van der Waals surface area contributed by atoms with Crippen LogP contribution in [0.15, 0.2) is 78.9 Å². The van der Waals surface area contributed by atoms with E-state index >= 15 is 0 Å². The van der Waals surface area contributed by atoms with E-state index in [0.717, 1.165) is 5.56 Å². The van der Waals surface area contributed by atoms with Gasteiger partial charge in [-0.05, 0) is 48.9 Å². The molecule has 0 radical (unpaired) electrons. The molecule has 0 unspecified atom stereocenters. The van der Waals surface area contributed by atoms with E-state index in [1.807, 2.05) is 37.3 Å². The summed E-state index contributed by atoms with van der Waals surface area (Å²) in [7, 11) is 0. The van der Waals surface area contributed by atoms with Crippen molar-refractivity contribution in [1.82, 2.24) is 14.8 Å². The summed E-state index contributed by atoms with van der Waals surface area (Å²) in [5.74, 6) is -0.170. The number of ether oxygens (including phenoxy) is 1. The lowest BCUT2D eigenvalue weighted by atomic mass is 10.1. The molecular formula is C24H21FN4O2. The Hall–Kier alpha value is -4.00. The van der Waals surface area contributed by atoms with Gasteiger partial charge < -0.3 is 10.1 Å². The number of halogens is 1. The zero-order valence-electron chi connectivity index (χ0n) is 17.0. The average Bonchev–Trinajstić information content (AvgIpc) is 3.19. The number of nitrogens with one attached hydrogen (secondary N) is 1. The summed E-state index contributed by atoms with van der Waals surface area (Å²) in [5.41, 5.74) is 2.58. The maximum atomic E-state index is 14.4. The van der Waals surface area contributed by atoms with Gasteiger partial charge in [0.25, 0.3) is 0 Å². The fourth-order valence-corrected chi connectivity index (χ4v) is 3.15. The number of benzene rings is 3. The molecule has 1 amide bonds. The topological polar surface area (TPSA) is 69.0 Å². The van der Waals surface area contributed by atoms with Crippen molar-refractivity contribution >= 4 is 11.6 Å². The van der Waals surface area contributed by atoms with Gasteiger partial charge in [0.1, 0.15) is 5.82 Å². The van der Waals surface area contributed by atoms with Crippen LogP contribution in [0.1, 0.15) is 12.5 Å². The van der Waals surface area contributed by atoms with Crippen LogP contribution in [-0.2, 0) is 11.2 Å². The molecule has 6 nitrogen and oxygen atoms in total. The maximum absolute atomic E-state index is 14.4. The van der Waals surface area contributed by atoms with Crippen LogP contribution in [0.2, 0.25) is 0 Å². The first-order chi connectivity index (χ1) is 15.1. The Kier molecular flexibility index (Phi) is 6.03. The molecule has 0 atom stereocenters. The third-order valence-corrected chi connectivity index (χ3v) is 4.58. The minimum Gasteiger partial charge on any atom is -0.463 e. The first-order valence-electron chi connectivity index (χ1n) is 9.93. The highest BCUT2D eigenvalue weighted by molar-refractivity contribution is 5.92. The van der Waals surface area contributed by atoms with E-state index in [1.54, 1.807) is 42.5 Å². The SMILES string of the molecule is CCOc1nc(-c2ccccc2F)n(-c2ccc(NC(=O)Cc3ccccc3)cc2)n1. The molecule has 1 aromatic heterocycles. The second-order valence-corrected chi connectivity index (χ2v) is 6.80. The van der Waals surface area contributed by atoms with Crippen LogP contribution in [0, 0.1) is 5.82 Å². The van der Waals surface area contributed by atoms with Crippen LogP contribution in [0.5, 0.6) is 6.01 Å². The smallest absolute Gasteiger partial charge is 0.336 e. The second kappa shape index (κ2) is 9.21. The Morgan fingerprint density at radius 2 is 1.71 bits per heavy atom. The molecule has 0 saturated heterocycles. The van der Waals surface area contributed by atoms with E-state index in [0.29, 0.717) is 35.8 Å². The fourth-order valence-electron chi connectivity index (χ4n) is 3.15. The van der Waals surface area contributed by atoms with Crippen molar-refractivity contribution in [3.63, 3.8) is 0 Å². The maximum Gasteiger partial charge on any atom is 0.336 e. The van der Waals surface area contributed by atoms with Gasteiger partial charge in [-0.1, -0.05) is 42.5 Å². The van der Waals surface area contributed by atoms with Crippen LogP contribution < -0.4 is 10.1 Å². The predicted molar refractivity (Wildman–Crippen MR) is 117 cm³/mol. The van der Waals surface area contributed by atoms with Gasteiger partial charge in [-0.25, -0.2) is 9.07 Å². The van der Waals surface area contributed by atoms with Gasteiger partial charge in [0, 0.05) is 5.69 Å². The molecule has 31 heavy (non-hydrogen) atoms. The molecule has 0 fully saturated rings. The van der Waals surface area contributed by atoms with Crippen LogP contribution in [-0.4, -0.2) is 27.3 Å². The Balaban J connectivity index is 1.57. The predicted octanol–water partition coefficient (Wildman–Crippen LogP) is 4.65. The lowest BCUT2D eigenvalue weighted by Crippen LogP contribution is -2.14. The van der Waals surface area contributed by atoms with Crippen molar-refractivity contribution in [2.24, 2.45) is 0 Å². The minimum absolute atomic E-state index is 0.106. The van der Waals surface area contributed by atoms with E-state index in [1.165, 1.54) is 10.7 Å². The molecule has 0 bridgehead atoms. The first kappa shape index (κ1) is 20.3. The number of nitrogens with zero attached hydrogens (tertiary/aromatic N) is 3. The first-order valence-corrected chi connectivity index (χ1v) is 9.93. The quantitative estimate of drug-likeness (QED) is 0.476. The Morgan fingerprint density at radius 3 is 2.42 bits per heavy atom. The molecule has 1 heterocycles. The number of aromatic nitrogens is 3. The molecule has 0 saturated carbocycles. The summed E-state index contributed by atoms with van der Waals surface area (Å²) in [6.45, 7) is 2.23. The molecule has 3 aromatic carbocycles. The van der Waals surface area contributed by atoms with Crippen molar-refractivity contribution < 1.29 is 13.9 Å². The minimum atomic E-state index is -0.399. The summed E-state index contributed by atoms with van der Waals surface area (Å²) < 4.78 is 21.3. The number of hydrogen-bond acceptors (Lipinski definition) is 4. The number of carbonyl (C=O) groups excluding carboxylic acids is 1. The van der Waals surface area contributed by atoms with E-state index < -0.39 is 5.82 Å². The molecule has 0 spiro atoms. The van der Waals surface area contributed by atoms with Crippen molar-refractivity contribution in [2.75, 3.05) is 11.9 Å². The Labute approximate surface area is 179 Å². The van der Waals surface area contributed by atoms with Gasteiger partial charge in [0.2, 0.25) is 5.91 Å². The Morgan fingerprint density at radius 1 is 1.00 bits per heavy atom. The molecule has 1 N–H and O–H groups in total. The van der Waals surface area contributed by atoms with Crippen LogP contribution >= 0.6 is 0 Å². The number of carbonyl (C=O) groups is 1. The second-order valence-electron chi connectivity index (χ2n) is 6.80. The van der Waals surface area contributed by atoms with Crippen molar-refractivity contribution in [1.29, 1.82) is 0 Å². The summed E-state index contributed by atoms with van der Waals surface area (Å²) in [5, 5.41) is 7.24. The number of amides is 1. The van der Waals surface area contributed by atoms with Gasteiger partial charge in [0.15, 0.2) is 5.82 Å². The summed E-state index contributed by atoms with van der Waals surface area (Å²) in [6, 6.07) is 23.2. The van der Waals surface area contributed by atoms with Crippen LogP contribution in [0.4, 0.5) is 10.1 Å². The standard InChI is InChI=1S/C24H21FN4O2/c1-2-31-24-27-23(20-10-6-7-11-21(20)25)29(28-24)19-14-12-18(13-15-19)26-22(30)16-17-8-4-3-5-9-17/h3-15H,2,16H2,1H3,(H,26,30). The molecule has 0 aliphatic carbocycles. The Bertz CT molecular complexity index is 1170. The average molecular weight is 416 g/mol. The lowest BCUT2D eigenvalue weighted by Gasteiger charge is -2.09. The third-order valence-electron chi connectivity index (χ3n) is 4.58. The molecule has 0 aliphatic rings. The van der Waals surface area contributed by atoms with Crippen molar-refractivity contribution in [2.45, 2.75) is 13.3 Å². The number of rotatable bonds is 7. The highest BCUT2D eigenvalue weighted by Gasteiger charge is 2.17. The largest absolute Gasteiger partial charge is 0.463 e. The zero-order valence-corrected chi connectivity index (χ0v) is 17.0. The van der Waals surface area contributed by atoms with E-state index in [9.17, 15) is 9.18 Å². The van der Waals surface area contributed by atoms with Gasteiger partial charge in [-0.3, -0.25) is 4.79 Å². The normalized spacial score (nSPS) is 10.6. The monoisotopic (exact) mass is 416 g/mol. The summed E-state index contributed by atoms with van der Waals surface area (Å²) in [4.78, 5) is 16.6. The zero-order chi connectivity index (χ0) is 21.6. The molecule has 7 heteroatoms. The third kappa shape index (κ3) is 4.78. The molecule has 0 aliphatic heterocycles. The van der Waals surface area contributed by atoms with Crippen molar-refractivity contribution in [3.05, 3.63) is 90.2 Å². The fraction of sp³-hybridized carbons (Fsp3) is 0.125. The summed E-state index contributed by atoms with van der Waals surface area (Å²) in [6.07, 6.45) is 0.292. The van der Waals surface area contributed by atoms with Gasteiger partial charge in [-0.2, -0.15) is 4.98 Å². The summed E-state index contributed by atoms with van der Waals surface area (Å²) >= 11 is 0. The van der Waals surface area contributed by atoms with Gasteiger partial charge in [0.05, 0.1) is 24.3 Å². The van der Waals surface area contributed by atoms with Gasteiger partial charge >= 0.3 is 6.01 Å². The van der Waals surface area contributed by atoms with Gasteiger partial charge in [-0.15, -0.1) is 5.10 Å². The molecule has 4 aromatic rings. The number of anilines is 1. The lowest BCUT2D eigenvalue weighted by molar-refractivity contribution is -0.115. The van der Waals surface area contributed by atoms with E-state index in [4.69, 9.17) is 4.74 Å². The van der Waals surface area contributed by atoms with E-state index in [2.05, 4.69) is 15.4 Å². The molecule has 4 rings (SSSR count). The van der Waals surface area contributed by atoms with Crippen LogP contribution in [0.25, 0.3) is 17.1 Å². The highest BCUT2D eigenvalue weighted by atomic mass is 19.1. The van der Waals surface area contributed by atoms with Crippen LogP contribution in [0.3, 0.4) is 0 Å². The molecular weight excluding hydrogens is 395 g/mol. The molecule has 156 valence electrons.